The zero-order valence-electron chi connectivity index (χ0n) is 9.47. The first-order chi connectivity index (χ1) is 8.08. The molecule has 1 fully saturated rings. The molecule has 3 nitrogen and oxygen atoms in total. The Kier molecular flexibility index (Phi) is 3.19. The van der Waals surface area contributed by atoms with Gasteiger partial charge in [0.05, 0.1) is 11.4 Å². The molecule has 0 bridgehead atoms. The van der Waals surface area contributed by atoms with Crippen molar-refractivity contribution < 1.29 is 13.9 Å². The van der Waals surface area contributed by atoms with E-state index in [4.69, 9.17) is 10.8 Å². The van der Waals surface area contributed by atoms with Crippen LogP contribution in [0.3, 0.4) is 0 Å². The van der Waals surface area contributed by atoms with Crippen LogP contribution in [0.25, 0.3) is 0 Å². The molecule has 2 rings (SSSR count). The molecule has 0 radical (unpaired) electrons. The summed E-state index contributed by atoms with van der Waals surface area (Å²) in [6.45, 7) is 0.626. The minimum atomic E-state index is -0.940. The fourth-order valence-electron chi connectivity index (χ4n) is 1.95. The third kappa shape index (κ3) is 2.49. The molecule has 0 amide bonds. The molecule has 0 spiro atoms. The molecule has 0 atom stereocenters. The van der Waals surface area contributed by atoms with Crippen molar-refractivity contribution in [2.75, 3.05) is 24.2 Å². The van der Waals surface area contributed by atoms with Crippen LogP contribution in [-0.2, 0) is 0 Å². The van der Waals surface area contributed by atoms with Crippen molar-refractivity contribution in [2.45, 2.75) is 19.3 Å². The Labute approximate surface area is 98.6 Å². The lowest BCUT2D eigenvalue weighted by atomic mass is 10.0. The first kappa shape index (κ1) is 12.1. The van der Waals surface area contributed by atoms with E-state index in [0.717, 1.165) is 18.9 Å². The Morgan fingerprint density at radius 1 is 1.35 bits per heavy atom. The van der Waals surface area contributed by atoms with Crippen LogP contribution in [0.5, 0.6) is 0 Å². The van der Waals surface area contributed by atoms with Crippen molar-refractivity contribution in [1.29, 1.82) is 0 Å². The van der Waals surface area contributed by atoms with Crippen LogP contribution in [-0.4, -0.2) is 18.3 Å². The summed E-state index contributed by atoms with van der Waals surface area (Å²) < 4.78 is 26.5. The predicted octanol–water partition coefficient (Wildman–Crippen LogP) is 2.12. The number of benzene rings is 1. The number of nitrogens with one attached hydrogen (secondary N) is 1. The van der Waals surface area contributed by atoms with Gasteiger partial charge in [-0.2, -0.15) is 0 Å². The second-order valence-electron chi connectivity index (χ2n) is 4.65. The highest BCUT2D eigenvalue weighted by atomic mass is 19.2. The number of aliphatic hydroxyl groups excluding tert-OH is 1. The quantitative estimate of drug-likeness (QED) is 0.693. The lowest BCUT2D eigenvalue weighted by Crippen LogP contribution is -2.18. The van der Waals surface area contributed by atoms with E-state index in [-0.39, 0.29) is 23.4 Å². The molecule has 0 unspecified atom stereocenters. The maximum Gasteiger partial charge on any atom is 0.183 e. The molecule has 5 heteroatoms. The maximum atomic E-state index is 13.5. The number of nitrogen functional groups attached to an aromatic ring is 1. The molecule has 0 saturated heterocycles. The van der Waals surface area contributed by atoms with E-state index in [1.807, 2.05) is 0 Å². The van der Waals surface area contributed by atoms with E-state index in [0.29, 0.717) is 13.0 Å². The summed E-state index contributed by atoms with van der Waals surface area (Å²) in [5, 5.41) is 11.8. The smallest absolute Gasteiger partial charge is 0.183 e. The molecule has 17 heavy (non-hydrogen) atoms. The van der Waals surface area contributed by atoms with Crippen molar-refractivity contribution in [3.8, 4) is 0 Å². The topological polar surface area (TPSA) is 58.3 Å². The van der Waals surface area contributed by atoms with E-state index >= 15 is 0 Å². The minimum Gasteiger partial charge on any atom is -0.397 e. The lowest BCUT2D eigenvalue weighted by Gasteiger charge is -2.17. The zero-order valence-corrected chi connectivity index (χ0v) is 9.47. The van der Waals surface area contributed by atoms with E-state index in [1.54, 1.807) is 0 Å². The first-order valence-electron chi connectivity index (χ1n) is 5.66. The molecule has 0 aliphatic heterocycles. The Morgan fingerprint density at radius 2 is 2.06 bits per heavy atom. The molecular formula is C12H16F2N2O. The Hall–Kier alpha value is -1.36. The fourth-order valence-corrected chi connectivity index (χ4v) is 1.95. The van der Waals surface area contributed by atoms with Gasteiger partial charge in [0.2, 0.25) is 0 Å². The monoisotopic (exact) mass is 242 g/mol. The molecule has 1 aliphatic rings. The molecule has 0 aromatic heterocycles. The van der Waals surface area contributed by atoms with Gasteiger partial charge in [-0.3, -0.25) is 0 Å². The van der Waals surface area contributed by atoms with Crippen molar-refractivity contribution in [1.82, 2.24) is 0 Å². The van der Waals surface area contributed by atoms with E-state index < -0.39 is 11.6 Å². The number of rotatable bonds is 5. The predicted molar refractivity (Wildman–Crippen MR) is 62.6 cm³/mol. The average Bonchev–Trinajstić information content (AvgIpc) is 3.05. The van der Waals surface area contributed by atoms with E-state index in [9.17, 15) is 8.78 Å². The highest BCUT2D eigenvalue weighted by Crippen LogP contribution is 2.48. The van der Waals surface area contributed by atoms with Crippen LogP contribution < -0.4 is 11.1 Å². The molecule has 1 aliphatic carbocycles. The van der Waals surface area contributed by atoms with Crippen molar-refractivity contribution in [3.63, 3.8) is 0 Å². The molecule has 94 valence electrons. The summed E-state index contributed by atoms with van der Waals surface area (Å²) in [4.78, 5) is 0. The third-order valence-corrected chi connectivity index (χ3v) is 3.37. The van der Waals surface area contributed by atoms with Crippen LogP contribution in [0.1, 0.15) is 19.3 Å². The lowest BCUT2D eigenvalue weighted by molar-refractivity contribution is 0.253. The summed E-state index contributed by atoms with van der Waals surface area (Å²) in [7, 11) is 0. The van der Waals surface area contributed by atoms with E-state index in [2.05, 4.69) is 5.32 Å². The molecule has 4 N–H and O–H groups in total. The second-order valence-corrected chi connectivity index (χ2v) is 4.65. The summed E-state index contributed by atoms with van der Waals surface area (Å²) >= 11 is 0. The fraction of sp³-hybridized carbons (Fsp3) is 0.500. The SMILES string of the molecule is Nc1ccc(F)c(F)c1NCC1(CCO)CC1. The number of hydrogen-bond acceptors (Lipinski definition) is 3. The molecule has 1 aromatic carbocycles. The van der Waals surface area contributed by atoms with Gasteiger partial charge in [0.15, 0.2) is 11.6 Å². The summed E-state index contributed by atoms with van der Waals surface area (Å²) in [6.07, 6.45) is 2.67. The second kappa shape index (κ2) is 4.49. The molecule has 1 saturated carbocycles. The first-order valence-corrected chi connectivity index (χ1v) is 5.66. The van der Waals surface area contributed by atoms with Gasteiger partial charge in [-0.15, -0.1) is 0 Å². The van der Waals surface area contributed by atoms with Crippen molar-refractivity contribution in [3.05, 3.63) is 23.8 Å². The van der Waals surface area contributed by atoms with Gasteiger partial charge in [0.25, 0.3) is 0 Å². The summed E-state index contributed by atoms with van der Waals surface area (Å²) in [6, 6.07) is 2.35. The zero-order chi connectivity index (χ0) is 12.5. The largest absolute Gasteiger partial charge is 0.397 e. The van der Waals surface area contributed by atoms with Crippen LogP contribution in [0.15, 0.2) is 12.1 Å². The van der Waals surface area contributed by atoms with Crippen molar-refractivity contribution >= 4 is 11.4 Å². The average molecular weight is 242 g/mol. The van der Waals surface area contributed by atoms with Gasteiger partial charge in [-0.25, -0.2) is 8.78 Å². The van der Waals surface area contributed by atoms with Gasteiger partial charge < -0.3 is 16.2 Å². The van der Waals surface area contributed by atoms with Crippen LogP contribution in [0, 0.1) is 17.0 Å². The van der Waals surface area contributed by atoms with Crippen LogP contribution >= 0.6 is 0 Å². The van der Waals surface area contributed by atoms with Gasteiger partial charge in [-0.1, -0.05) is 0 Å². The number of aliphatic hydroxyl groups is 1. The number of anilines is 2. The highest BCUT2D eigenvalue weighted by molar-refractivity contribution is 5.66. The molecule has 1 aromatic rings. The summed E-state index contributed by atoms with van der Waals surface area (Å²) in [5.74, 6) is -1.85. The van der Waals surface area contributed by atoms with Crippen molar-refractivity contribution in [2.24, 2.45) is 5.41 Å². The van der Waals surface area contributed by atoms with Gasteiger partial charge >= 0.3 is 0 Å². The minimum absolute atomic E-state index is 0.0224. The Bertz CT molecular complexity index is 419. The summed E-state index contributed by atoms with van der Waals surface area (Å²) in [5.41, 5.74) is 5.84. The number of hydrogen-bond donors (Lipinski definition) is 3. The van der Waals surface area contributed by atoms with E-state index in [1.165, 1.54) is 6.07 Å². The van der Waals surface area contributed by atoms with Gasteiger partial charge in [0, 0.05) is 13.2 Å². The maximum absolute atomic E-state index is 13.5. The number of nitrogens with two attached hydrogens (primary N) is 1. The van der Waals surface area contributed by atoms with Crippen LogP contribution in [0.2, 0.25) is 0 Å². The van der Waals surface area contributed by atoms with Gasteiger partial charge in [-0.05, 0) is 36.8 Å². The Morgan fingerprint density at radius 3 is 2.65 bits per heavy atom. The number of halogens is 2. The highest BCUT2D eigenvalue weighted by Gasteiger charge is 2.41. The molecular weight excluding hydrogens is 226 g/mol. The standard InChI is InChI=1S/C12H16F2N2O/c13-8-1-2-9(15)11(10(8)14)16-7-12(3-4-12)5-6-17/h1-2,16-17H,3-7,15H2. The Balaban J connectivity index is 2.07. The van der Waals surface area contributed by atoms with Crippen LogP contribution in [0.4, 0.5) is 20.2 Å². The van der Waals surface area contributed by atoms with Gasteiger partial charge in [0.1, 0.15) is 0 Å². The third-order valence-electron chi connectivity index (χ3n) is 3.37. The normalized spacial score (nSPS) is 16.9. The molecule has 0 heterocycles.